The monoisotopic (exact) mass is 323 g/mol. The second kappa shape index (κ2) is 5.84. The Labute approximate surface area is 118 Å². The van der Waals surface area contributed by atoms with Crippen molar-refractivity contribution in [1.29, 1.82) is 0 Å². The topological polar surface area (TPSA) is 38.3 Å². The molecule has 0 bridgehead atoms. The summed E-state index contributed by atoms with van der Waals surface area (Å²) in [6.07, 6.45) is 0. The highest BCUT2D eigenvalue weighted by molar-refractivity contribution is 9.10. The van der Waals surface area contributed by atoms with Crippen LogP contribution in [0.3, 0.4) is 0 Å². The molecule has 0 saturated carbocycles. The number of nitrogens with one attached hydrogen (secondary N) is 1. The van der Waals surface area contributed by atoms with E-state index in [1.807, 2.05) is 0 Å². The van der Waals surface area contributed by atoms with E-state index in [2.05, 4.69) is 21.2 Å². The Morgan fingerprint density at radius 3 is 2.53 bits per heavy atom. The smallest absolute Gasteiger partial charge is 0.259 e. The van der Waals surface area contributed by atoms with Gasteiger partial charge in [-0.2, -0.15) is 0 Å². The van der Waals surface area contributed by atoms with Gasteiger partial charge in [-0.25, -0.2) is 4.39 Å². The van der Waals surface area contributed by atoms with Crippen LogP contribution < -0.4 is 10.1 Å². The molecule has 0 aromatic heterocycles. The number of rotatable bonds is 3. The van der Waals surface area contributed by atoms with Crippen molar-refractivity contribution in [3.05, 3.63) is 58.3 Å². The first-order valence-electron chi connectivity index (χ1n) is 5.50. The number of hydrogen-bond donors (Lipinski definition) is 1. The first-order chi connectivity index (χ1) is 9.10. The fraction of sp³-hybridized carbons (Fsp3) is 0.0714. The summed E-state index contributed by atoms with van der Waals surface area (Å²) in [6, 6.07) is 10.7. The molecule has 2 aromatic carbocycles. The minimum absolute atomic E-state index is 0.309. The summed E-state index contributed by atoms with van der Waals surface area (Å²) in [5.41, 5.74) is 0.936. The quantitative estimate of drug-likeness (QED) is 0.931. The fourth-order valence-corrected chi connectivity index (χ4v) is 1.92. The average molecular weight is 324 g/mol. The molecule has 1 amide bonds. The third-order valence-corrected chi connectivity index (χ3v) is 3.00. The molecule has 0 aliphatic rings. The van der Waals surface area contributed by atoms with Gasteiger partial charge in [0.05, 0.1) is 12.7 Å². The molecule has 19 heavy (non-hydrogen) atoms. The van der Waals surface area contributed by atoms with E-state index < -0.39 is 0 Å². The van der Waals surface area contributed by atoms with Crippen LogP contribution in [0.1, 0.15) is 10.4 Å². The van der Waals surface area contributed by atoms with Crippen LogP contribution in [0.25, 0.3) is 0 Å². The van der Waals surface area contributed by atoms with Crippen molar-refractivity contribution in [3.8, 4) is 5.75 Å². The number of ether oxygens (including phenoxy) is 1. The Balaban J connectivity index is 2.22. The average Bonchev–Trinajstić information content (AvgIpc) is 2.41. The number of carbonyl (C=O) groups excluding carboxylic acids is 1. The minimum atomic E-state index is -0.348. The Morgan fingerprint density at radius 1 is 1.21 bits per heavy atom. The summed E-state index contributed by atoms with van der Waals surface area (Å²) in [4.78, 5) is 12.1. The van der Waals surface area contributed by atoms with Crippen molar-refractivity contribution < 1.29 is 13.9 Å². The van der Waals surface area contributed by atoms with E-state index in [4.69, 9.17) is 4.74 Å². The van der Waals surface area contributed by atoms with Gasteiger partial charge in [-0.05, 0) is 42.5 Å². The highest BCUT2D eigenvalue weighted by atomic mass is 79.9. The first-order valence-corrected chi connectivity index (χ1v) is 6.30. The van der Waals surface area contributed by atoms with Gasteiger partial charge in [0.25, 0.3) is 5.91 Å². The van der Waals surface area contributed by atoms with Crippen molar-refractivity contribution in [2.75, 3.05) is 12.4 Å². The summed E-state index contributed by atoms with van der Waals surface area (Å²) in [5.74, 6) is -0.191. The predicted octanol–water partition coefficient (Wildman–Crippen LogP) is 3.85. The molecule has 0 aliphatic carbocycles. The molecule has 0 radical (unpaired) electrons. The molecule has 0 heterocycles. The van der Waals surface area contributed by atoms with Crippen LogP contribution in [-0.2, 0) is 0 Å². The van der Waals surface area contributed by atoms with Crippen molar-refractivity contribution in [2.24, 2.45) is 0 Å². The molecule has 0 unspecified atom stereocenters. The van der Waals surface area contributed by atoms with Gasteiger partial charge in [-0.15, -0.1) is 0 Å². The molecule has 0 saturated heterocycles. The SMILES string of the molecule is COc1cc(Br)ccc1C(=O)Nc1ccc(F)cc1. The zero-order valence-electron chi connectivity index (χ0n) is 10.1. The van der Waals surface area contributed by atoms with E-state index in [0.717, 1.165) is 4.47 Å². The van der Waals surface area contributed by atoms with E-state index in [1.165, 1.54) is 31.4 Å². The van der Waals surface area contributed by atoms with E-state index >= 15 is 0 Å². The van der Waals surface area contributed by atoms with Crippen molar-refractivity contribution in [1.82, 2.24) is 0 Å². The number of anilines is 1. The largest absolute Gasteiger partial charge is 0.496 e. The maximum Gasteiger partial charge on any atom is 0.259 e. The molecule has 5 heteroatoms. The summed E-state index contributed by atoms with van der Waals surface area (Å²) in [6.45, 7) is 0. The molecule has 1 N–H and O–H groups in total. The molecule has 0 atom stereocenters. The summed E-state index contributed by atoms with van der Waals surface area (Å²) in [5, 5.41) is 2.68. The number of methoxy groups -OCH3 is 1. The Morgan fingerprint density at radius 2 is 1.89 bits per heavy atom. The van der Waals surface area contributed by atoms with Crippen molar-refractivity contribution in [3.63, 3.8) is 0 Å². The minimum Gasteiger partial charge on any atom is -0.496 e. The van der Waals surface area contributed by atoms with E-state index in [1.54, 1.807) is 18.2 Å². The summed E-state index contributed by atoms with van der Waals surface area (Å²) >= 11 is 3.31. The molecule has 2 aromatic rings. The summed E-state index contributed by atoms with van der Waals surface area (Å²) < 4.78 is 18.7. The first kappa shape index (κ1) is 13.5. The van der Waals surface area contributed by atoms with Gasteiger partial charge in [0, 0.05) is 10.2 Å². The zero-order chi connectivity index (χ0) is 13.8. The molecule has 0 aliphatic heterocycles. The molecular weight excluding hydrogens is 313 g/mol. The predicted molar refractivity (Wildman–Crippen MR) is 75.0 cm³/mol. The van der Waals surface area contributed by atoms with Crippen LogP contribution in [0.4, 0.5) is 10.1 Å². The second-order valence-electron chi connectivity index (χ2n) is 3.81. The van der Waals surface area contributed by atoms with Crippen LogP contribution >= 0.6 is 15.9 Å². The third-order valence-electron chi connectivity index (χ3n) is 2.51. The summed E-state index contributed by atoms with van der Waals surface area (Å²) in [7, 11) is 1.50. The van der Waals surface area contributed by atoms with Gasteiger partial charge in [-0.3, -0.25) is 4.79 Å². The molecule has 0 fully saturated rings. The Bertz CT molecular complexity index is 599. The Hall–Kier alpha value is -1.88. The van der Waals surface area contributed by atoms with Gasteiger partial charge in [0.15, 0.2) is 0 Å². The van der Waals surface area contributed by atoms with Gasteiger partial charge < -0.3 is 10.1 Å². The van der Waals surface area contributed by atoms with Crippen LogP contribution in [0.15, 0.2) is 46.9 Å². The number of halogens is 2. The lowest BCUT2D eigenvalue weighted by Crippen LogP contribution is -2.13. The van der Waals surface area contributed by atoms with Crippen LogP contribution in [-0.4, -0.2) is 13.0 Å². The normalized spacial score (nSPS) is 10.1. The van der Waals surface area contributed by atoms with E-state index in [-0.39, 0.29) is 11.7 Å². The van der Waals surface area contributed by atoms with Crippen LogP contribution in [0.2, 0.25) is 0 Å². The highest BCUT2D eigenvalue weighted by Crippen LogP contribution is 2.24. The van der Waals surface area contributed by atoms with Crippen LogP contribution in [0.5, 0.6) is 5.75 Å². The molecule has 3 nitrogen and oxygen atoms in total. The van der Waals surface area contributed by atoms with Crippen molar-refractivity contribution >= 4 is 27.5 Å². The number of hydrogen-bond acceptors (Lipinski definition) is 2. The van der Waals surface area contributed by atoms with Crippen molar-refractivity contribution in [2.45, 2.75) is 0 Å². The molecule has 0 spiro atoms. The lowest BCUT2D eigenvalue weighted by atomic mass is 10.2. The maximum absolute atomic E-state index is 12.8. The zero-order valence-corrected chi connectivity index (χ0v) is 11.7. The Kier molecular flexibility index (Phi) is 4.16. The van der Waals surface area contributed by atoms with Gasteiger partial charge in [0.2, 0.25) is 0 Å². The highest BCUT2D eigenvalue weighted by Gasteiger charge is 2.12. The second-order valence-corrected chi connectivity index (χ2v) is 4.72. The maximum atomic E-state index is 12.8. The standard InChI is InChI=1S/C14H11BrFNO2/c1-19-13-8-9(15)2-7-12(13)14(18)17-11-5-3-10(16)4-6-11/h2-8H,1H3,(H,17,18). The lowest BCUT2D eigenvalue weighted by molar-refractivity contribution is 0.102. The number of carbonyl (C=O) groups is 1. The van der Waals surface area contributed by atoms with Gasteiger partial charge in [-0.1, -0.05) is 15.9 Å². The van der Waals surface area contributed by atoms with Crippen LogP contribution in [0, 0.1) is 5.82 Å². The number of amides is 1. The fourth-order valence-electron chi connectivity index (χ4n) is 1.58. The van der Waals surface area contributed by atoms with E-state index in [0.29, 0.717) is 17.0 Å². The third kappa shape index (κ3) is 3.32. The van der Waals surface area contributed by atoms with Gasteiger partial charge >= 0.3 is 0 Å². The van der Waals surface area contributed by atoms with E-state index in [9.17, 15) is 9.18 Å². The molecule has 2 rings (SSSR count). The molecule has 98 valence electrons. The van der Waals surface area contributed by atoms with Gasteiger partial charge in [0.1, 0.15) is 11.6 Å². The lowest BCUT2D eigenvalue weighted by Gasteiger charge is -2.09. The molecular formula is C14H11BrFNO2. The number of benzene rings is 2.